The second-order valence-electron chi connectivity index (χ2n) is 5.43. The van der Waals surface area contributed by atoms with Crippen molar-refractivity contribution < 1.29 is 19.2 Å². The number of rotatable bonds is 9. The van der Waals surface area contributed by atoms with Gasteiger partial charge in [0.25, 0.3) is 5.69 Å². The van der Waals surface area contributed by atoms with Gasteiger partial charge in [-0.1, -0.05) is 12.1 Å². The van der Waals surface area contributed by atoms with E-state index in [0.717, 1.165) is 0 Å². The first-order valence-electron chi connectivity index (χ1n) is 8.20. The maximum atomic E-state index is 12.0. The summed E-state index contributed by atoms with van der Waals surface area (Å²) < 4.78 is 10.4. The Balaban J connectivity index is 1.87. The summed E-state index contributed by atoms with van der Waals surface area (Å²) in [6.45, 7) is 0.664. The lowest BCUT2D eigenvalue weighted by Crippen LogP contribution is -2.27. The molecule has 0 aliphatic heterocycles. The summed E-state index contributed by atoms with van der Waals surface area (Å²) in [4.78, 5) is 22.4. The van der Waals surface area contributed by atoms with Crippen LogP contribution in [-0.4, -0.2) is 38.1 Å². The van der Waals surface area contributed by atoms with Crippen LogP contribution < -0.4 is 20.1 Å². The van der Waals surface area contributed by atoms with E-state index in [0.29, 0.717) is 35.8 Å². The number of hydrogen-bond acceptors (Lipinski definition) is 6. The van der Waals surface area contributed by atoms with Gasteiger partial charge in [-0.15, -0.1) is 0 Å². The van der Waals surface area contributed by atoms with Crippen LogP contribution in [0.2, 0.25) is 0 Å². The van der Waals surface area contributed by atoms with E-state index in [4.69, 9.17) is 9.47 Å². The first kappa shape index (κ1) is 19.8. The molecule has 0 atom stereocenters. The average molecular weight is 371 g/mol. The summed E-state index contributed by atoms with van der Waals surface area (Å²) in [6, 6.07) is 11.6. The van der Waals surface area contributed by atoms with Crippen molar-refractivity contribution in [1.29, 1.82) is 0 Å². The fraction of sp³-hybridized carbons (Fsp3) is 0.211. The smallest absolute Gasteiger partial charge is 0.292 e. The minimum absolute atomic E-state index is 0.00570. The Bertz CT molecular complexity index is 836. The normalized spacial score (nSPS) is 10.4. The number of benzene rings is 2. The van der Waals surface area contributed by atoms with Gasteiger partial charge in [-0.2, -0.15) is 0 Å². The molecule has 27 heavy (non-hydrogen) atoms. The number of carbonyl (C=O) groups excluding carboxylic acids is 1. The lowest BCUT2D eigenvalue weighted by molar-refractivity contribution is -0.384. The first-order valence-corrected chi connectivity index (χ1v) is 8.20. The molecule has 8 heteroatoms. The molecule has 0 aromatic heterocycles. The number of hydrogen-bond donors (Lipinski definition) is 2. The van der Waals surface area contributed by atoms with Crippen LogP contribution in [0, 0.1) is 10.1 Å². The summed E-state index contributed by atoms with van der Waals surface area (Å²) in [5.41, 5.74) is 1.12. The molecule has 2 aromatic carbocycles. The highest BCUT2D eigenvalue weighted by Gasteiger charge is 2.11. The van der Waals surface area contributed by atoms with Gasteiger partial charge in [0, 0.05) is 30.8 Å². The van der Waals surface area contributed by atoms with Crippen molar-refractivity contribution in [2.24, 2.45) is 0 Å². The molecular weight excluding hydrogens is 350 g/mol. The number of para-hydroxylation sites is 2. The third kappa shape index (κ3) is 5.74. The SMILES string of the molecule is COc1ccc(OC)c(/C=C/C(=O)NCCNc2ccccc2[N+](=O)[O-])c1. The number of nitro benzene ring substituents is 1. The van der Waals surface area contributed by atoms with Crippen LogP contribution in [0.3, 0.4) is 0 Å². The molecule has 2 aromatic rings. The maximum Gasteiger partial charge on any atom is 0.292 e. The standard InChI is InChI=1S/C19H21N3O5/c1-26-15-8-9-18(27-2)14(13-15)7-10-19(23)21-12-11-20-16-5-3-4-6-17(16)22(24)25/h3-10,13,20H,11-12H2,1-2H3,(H,21,23)/b10-7+. The predicted molar refractivity (Wildman–Crippen MR) is 103 cm³/mol. The van der Waals surface area contributed by atoms with Gasteiger partial charge < -0.3 is 20.1 Å². The van der Waals surface area contributed by atoms with Gasteiger partial charge in [0.1, 0.15) is 17.2 Å². The van der Waals surface area contributed by atoms with Crippen molar-refractivity contribution in [2.75, 3.05) is 32.6 Å². The molecular formula is C19H21N3O5. The summed E-state index contributed by atoms with van der Waals surface area (Å²) in [5.74, 6) is 0.992. The van der Waals surface area contributed by atoms with E-state index in [2.05, 4.69) is 10.6 Å². The predicted octanol–water partition coefficient (Wildman–Crippen LogP) is 2.85. The molecule has 0 saturated heterocycles. The Kier molecular flexibility index (Phi) is 7.18. The van der Waals surface area contributed by atoms with Gasteiger partial charge in [0.2, 0.25) is 5.91 Å². The van der Waals surface area contributed by atoms with E-state index in [-0.39, 0.29) is 11.6 Å². The van der Waals surface area contributed by atoms with E-state index in [1.54, 1.807) is 56.7 Å². The van der Waals surface area contributed by atoms with Crippen molar-refractivity contribution in [1.82, 2.24) is 5.32 Å². The van der Waals surface area contributed by atoms with E-state index >= 15 is 0 Å². The van der Waals surface area contributed by atoms with Crippen LogP contribution in [0.4, 0.5) is 11.4 Å². The number of nitrogens with one attached hydrogen (secondary N) is 2. The summed E-state index contributed by atoms with van der Waals surface area (Å²) in [5, 5.41) is 16.6. The van der Waals surface area contributed by atoms with E-state index in [9.17, 15) is 14.9 Å². The molecule has 1 amide bonds. The van der Waals surface area contributed by atoms with Gasteiger partial charge in [-0.25, -0.2) is 0 Å². The van der Waals surface area contributed by atoms with Gasteiger partial charge >= 0.3 is 0 Å². The highest BCUT2D eigenvalue weighted by molar-refractivity contribution is 5.92. The third-order valence-corrected chi connectivity index (χ3v) is 3.69. The quantitative estimate of drug-likeness (QED) is 0.304. The molecule has 0 saturated carbocycles. The highest BCUT2D eigenvalue weighted by Crippen LogP contribution is 2.25. The Labute approximate surface area is 156 Å². The topological polar surface area (TPSA) is 103 Å². The molecule has 142 valence electrons. The number of nitrogens with zero attached hydrogens (tertiary/aromatic N) is 1. The number of carbonyl (C=O) groups is 1. The van der Waals surface area contributed by atoms with E-state index in [1.165, 1.54) is 12.1 Å². The highest BCUT2D eigenvalue weighted by atomic mass is 16.6. The Morgan fingerprint density at radius 2 is 1.93 bits per heavy atom. The van der Waals surface area contributed by atoms with E-state index < -0.39 is 4.92 Å². The number of ether oxygens (including phenoxy) is 2. The van der Waals surface area contributed by atoms with Gasteiger partial charge in [0.15, 0.2) is 0 Å². The molecule has 0 fully saturated rings. The Morgan fingerprint density at radius 1 is 1.15 bits per heavy atom. The van der Waals surface area contributed by atoms with Crippen LogP contribution in [0.1, 0.15) is 5.56 Å². The molecule has 0 unspecified atom stereocenters. The number of methoxy groups -OCH3 is 2. The molecule has 2 N–H and O–H groups in total. The number of anilines is 1. The van der Waals surface area contributed by atoms with Crippen LogP contribution in [-0.2, 0) is 4.79 Å². The molecule has 0 aliphatic carbocycles. The average Bonchev–Trinajstić information content (AvgIpc) is 2.69. The van der Waals surface area contributed by atoms with Crippen molar-refractivity contribution in [2.45, 2.75) is 0 Å². The monoisotopic (exact) mass is 371 g/mol. The molecule has 0 spiro atoms. The zero-order valence-electron chi connectivity index (χ0n) is 15.1. The minimum Gasteiger partial charge on any atom is -0.497 e. The summed E-state index contributed by atoms with van der Waals surface area (Å²) in [6.07, 6.45) is 3.02. The first-order chi connectivity index (χ1) is 13.0. The van der Waals surface area contributed by atoms with Gasteiger partial charge in [-0.3, -0.25) is 14.9 Å². The van der Waals surface area contributed by atoms with Crippen molar-refractivity contribution in [3.8, 4) is 11.5 Å². The molecule has 0 bridgehead atoms. The third-order valence-electron chi connectivity index (χ3n) is 3.69. The number of nitro groups is 1. The second kappa shape index (κ2) is 9.81. The Morgan fingerprint density at radius 3 is 2.63 bits per heavy atom. The van der Waals surface area contributed by atoms with Crippen LogP contribution in [0.5, 0.6) is 11.5 Å². The summed E-state index contributed by atoms with van der Waals surface area (Å²) >= 11 is 0. The van der Waals surface area contributed by atoms with E-state index in [1.807, 2.05) is 0 Å². The molecule has 8 nitrogen and oxygen atoms in total. The van der Waals surface area contributed by atoms with Crippen LogP contribution in [0.25, 0.3) is 6.08 Å². The Hall–Kier alpha value is -3.55. The van der Waals surface area contributed by atoms with Crippen molar-refractivity contribution >= 4 is 23.4 Å². The number of amides is 1. The van der Waals surface area contributed by atoms with Crippen LogP contribution >= 0.6 is 0 Å². The molecule has 2 rings (SSSR count). The minimum atomic E-state index is -0.453. The second-order valence-corrected chi connectivity index (χ2v) is 5.43. The van der Waals surface area contributed by atoms with Crippen molar-refractivity contribution in [3.63, 3.8) is 0 Å². The van der Waals surface area contributed by atoms with Gasteiger partial charge in [-0.05, 0) is 30.3 Å². The fourth-order valence-corrected chi connectivity index (χ4v) is 2.36. The maximum absolute atomic E-state index is 12.0. The lowest BCUT2D eigenvalue weighted by atomic mass is 10.1. The molecule has 0 heterocycles. The van der Waals surface area contributed by atoms with Gasteiger partial charge in [0.05, 0.1) is 19.1 Å². The lowest BCUT2D eigenvalue weighted by Gasteiger charge is -2.08. The molecule has 0 aliphatic rings. The fourth-order valence-electron chi connectivity index (χ4n) is 2.36. The largest absolute Gasteiger partial charge is 0.497 e. The zero-order chi connectivity index (χ0) is 19.6. The van der Waals surface area contributed by atoms with Crippen molar-refractivity contribution in [3.05, 3.63) is 64.2 Å². The zero-order valence-corrected chi connectivity index (χ0v) is 15.1. The molecule has 0 radical (unpaired) electrons. The van der Waals surface area contributed by atoms with Crippen LogP contribution in [0.15, 0.2) is 48.5 Å². The summed E-state index contributed by atoms with van der Waals surface area (Å²) in [7, 11) is 3.11.